The van der Waals surface area contributed by atoms with Crippen LogP contribution in [0, 0.1) is 0 Å². The summed E-state index contributed by atoms with van der Waals surface area (Å²) in [6.45, 7) is 6.72. The molecule has 3 nitrogen and oxygen atoms in total. The number of rotatable bonds is 4. The van der Waals surface area contributed by atoms with Crippen LogP contribution < -0.4 is 4.90 Å². The zero-order chi connectivity index (χ0) is 11.4. The van der Waals surface area contributed by atoms with Gasteiger partial charge in [0.25, 0.3) is 0 Å². The van der Waals surface area contributed by atoms with Crippen LogP contribution >= 0.6 is 0 Å². The minimum atomic E-state index is 0.278. The first-order chi connectivity index (χ1) is 7.79. The van der Waals surface area contributed by atoms with Crippen molar-refractivity contribution >= 4 is 11.6 Å². The number of hydrogen-bond donors (Lipinski definition) is 0. The normalized spacial score (nSPS) is 19.1. The van der Waals surface area contributed by atoms with Gasteiger partial charge < -0.3 is 9.64 Å². The third-order valence-electron chi connectivity index (χ3n) is 2.78. The van der Waals surface area contributed by atoms with E-state index in [1.807, 2.05) is 13.0 Å². The van der Waals surface area contributed by atoms with Crippen molar-refractivity contribution in [2.75, 3.05) is 24.6 Å². The number of aliphatic imine (C=N–C) groups is 1. The van der Waals surface area contributed by atoms with Crippen molar-refractivity contribution < 1.29 is 4.74 Å². The number of ether oxygens (including phenoxy) is 1. The predicted molar refractivity (Wildman–Crippen MR) is 67.2 cm³/mol. The number of nitrogens with zero attached hydrogens (tertiary/aromatic N) is 2. The van der Waals surface area contributed by atoms with Crippen LogP contribution in [0.15, 0.2) is 35.3 Å². The van der Waals surface area contributed by atoms with Crippen LogP contribution in [-0.4, -0.2) is 31.6 Å². The average molecular weight is 218 g/mol. The molecular formula is C13H18N2O. The van der Waals surface area contributed by atoms with Gasteiger partial charge in [-0.3, -0.25) is 0 Å². The van der Waals surface area contributed by atoms with Gasteiger partial charge in [-0.15, -0.1) is 0 Å². The van der Waals surface area contributed by atoms with Crippen molar-refractivity contribution in [3.8, 4) is 0 Å². The molecule has 0 bridgehead atoms. The van der Waals surface area contributed by atoms with E-state index in [9.17, 15) is 0 Å². The first kappa shape index (κ1) is 11.0. The lowest BCUT2D eigenvalue weighted by Crippen LogP contribution is -2.32. The highest BCUT2D eigenvalue weighted by molar-refractivity contribution is 5.74. The molecule has 3 heteroatoms. The van der Waals surface area contributed by atoms with E-state index in [4.69, 9.17) is 4.74 Å². The molecule has 1 aliphatic rings. The molecule has 0 saturated heterocycles. The fourth-order valence-electron chi connectivity index (χ4n) is 1.95. The summed E-state index contributed by atoms with van der Waals surface area (Å²) < 4.78 is 5.37. The van der Waals surface area contributed by atoms with E-state index in [-0.39, 0.29) is 6.04 Å². The Balaban J connectivity index is 2.01. The van der Waals surface area contributed by atoms with Gasteiger partial charge in [0, 0.05) is 25.7 Å². The number of benzene rings is 1. The summed E-state index contributed by atoms with van der Waals surface area (Å²) in [5, 5.41) is 0. The van der Waals surface area contributed by atoms with Gasteiger partial charge in [-0.25, -0.2) is 4.99 Å². The molecular weight excluding hydrogens is 200 g/mol. The van der Waals surface area contributed by atoms with E-state index in [0.717, 1.165) is 25.6 Å². The topological polar surface area (TPSA) is 24.8 Å². The van der Waals surface area contributed by atoms with Gasteiger partial charge in [0.05, 0.1) is 0 Å². The van der Waals surface area contributed by atoms with E-state index in [0.29, 0.717) is 0 Å². The second-order valence-corrected chi connectivity index (χ2v) is 3.99. The molecule has 1 aliphatic heterocycles. The van der Waals surface area contributed by atoms with Gasteiger partial charge in [0.15, 0.2) is 5.90 Å². The second-order valence-electron chi connectivity index (χ2n) is 3.99. The Hall–Kier alpha value is -1.51. The zero-order valence-electron chi connectivity index (χ0n) is 9.89. The van der Waals surface area contributed by atoms with Crippen LogP contribution in [0.1, 0.15) is 13.8 Å². The van der Waals surface area contributed by atoms with Crippen LogP contribution in [0.3, 0.4) is 0 Å². The summed E-state index contributed by atoms with van der Waals surface area (Å²) in [6.07, 6.45) is 0. The molecule has 1 heterocycles. The van der Waals surface area contributed by atoms with Crippen molar-refractivity contribution in [2.24, 2.45) is 4.99 Å². The van der Waals surface area contributed by atoms with Crippen molar-refractivity contribution in [3.63, 3.8) is 0 Å². The number of hydrogen-bond acceptors (Lipinski definition) is 3. The van der Waals surface area contributed by atoms with E-state index >= 15 is 0 Å². The smallest absolute Gasteiger partial charge is 0.180 e. The lowest BCUT2D eigenvalue weighted by Gasteiger charge is -2.24. The average Bonchev–Trinajstić information content (AvgIpc) is 2.73. The van der Waals surface area contributed by atoms with Crippen LogP contribution in [0.25, 0.3) is 0 Å². The van der Waals surface area contributed by atoms with Gasteiger partial charge in [-0.1, -0.05) is 18.2 Å². The second kappa shape index (κ2) is 5.01. The van der Waals surface area contributed by atoms with E-state index in [2.05, 4.69) is 41.1 Å². The minimum Gasteiger partial charge on any atom is -0.479 e. The maximum atomic E-state index is 5.37. The molecule has 0 fully saturated rings. The van der Waals surface area contributed by atoms with Crippen molar-refractivity contribution in [1.82, 2.24) is 0 Å². The fourth-order valence-corrected chi connectivity index (χ4v) is 1.95. The maximum absolute atomic E-state index is 5.37. The summed E-state index contributed by atoms with van der Waals surface area (Å²) in [5.74, 6) is 0.814. The Morgan fingerprint density at radius 3 is 2.69 bits per heavy atom. The molecule has 0 radical (unpaired) electrons. The summed E-state index contributed by atoms with van der Waals surface area (Å²) in [6, 6.07) is 10.7. The number of anilines is 1. The lowest BCUT2D eigenvalue weighted by atomic mass is 10.2. The highest BCUT2D eigenvalue weighted by Gasteiger charge is 2.18. The van der Waals surface area contributed by atoms with Crippen molar-refractivity contribution in [3.05, 3.63) is 30.3 Å². The van der Waals surface area contributed by atoms with Crippen LogP contribution in [0.5, 0.6) is 0 Å². The molecule has 16 heavy (non-hydrogen) atoms. The summed E-state index contributed by atoms with van der Waals surface area (Å²) in [7, 11) is 0. The molecule has 0 amide bonds. The molecule has 1 aromatic carbocycles. The van der Waals surface area contributed by atoms with Gasteiger partial charge in [-0.2, -0.15) is 0 Å². The van der Waals surface area contributed by atoms with Crippen LogP contribution in [0.2, 0.25) is 0 Å². The Morgan fingerprint density at radius 1 is 1.38 bits per heavy atom. The fraction of sp³-hybridized carbons (Fsp3) is 0.462. The SMILES string of the molecule is CCN(C[C@H]1COC(C)=N1)c1ccccc1. The predicted octanol–water partition coefficient (Wildman–Crippen LogP) is 2.33. The maximum Gasteiger partial charge on any atom is 0.180 e. The standard InChI is InChI=1S/C13H18N2O/c1-3-15(13-7-5-4-6-8-13)9-12-10-16-11(2)14-12/h4-8,12H,3,9-10H2,1-2H3/t12-/m0/s1. The van der Waals surface area contributed by atoms with Gasteiger partial charge >= 0.3 is 0 Å². The van der Waals surface area contributed by atoms with Gasteiger partial charge in [-0.05, 0) is 19.1 Å². The summed E-state index contributed by atoms with van der Waals surface area (Å²) in [5.41, 5.74) is 1.25. The van der Waals surface area contributed by atoms with E-state index < -0.39 is 0 Å². The first-order valence-electron chi connectivity index (χ1n) is 5.76. The highest BCUT2D eigenvalue weighted by atomic mass is 16.5. The number of likely N-dealkylation sites (N-methyl/N-ethyl adjacent to an activating group) is 1. The Morgan fingerprint density at radius 2 is 2.12 bits per heavy atom. The molecule has 86 valence electrons. The third-order valence-corrected chi connectivity index (χ3v) is 2.78. The van der Waals surface area contributed by atoms with Crippen molar-refractivity contribution in [2.45, 2.75) is 19.9 Å². The van der Waals surface area contributed by atoms with Crippen LogP contribution in [0.4, 0.5) is 5.69 Å². The zero-order valence-corrected chi connectivity index (χ0v) is 9.89. The molecule has 1 aromatic rings. The first-order valence-corrected chi connectivity index (χ1v) is 5.76. The van der Waals surface area contributed by atoms with E-state index in [1.165, 1.54) is 5.69 Å². The largest absolute Gasteiger partial charge is 0.479 e. The van der Waals surface area contributed by atoms with Gasteiger partial charge in [0.1, 0.15) is 12.6 Å². The molecule has 0 saturated carbocycles. The van der Waals surface area contributed by atoms with E-state index in [1.54, 1.807) is 0 Å². The van der Waals surface area contributed by atoms with Crippen molar-refractivity contribution in [1.29, 1.82) is 0 Å². The highest BCUT2D eigenvalue weighted by Crippen LogP contribution is 2.15. The molecule has 0 N–H and O–H groups in total. The minimum absolute atomic E-state index is 0.278. The summed E-state index contributed by atoms with van der Waals surface area (Å²) in [4.78, 5) is 6.78. The third kappa shape index (κ3) is 2.54. The van der Waals surface area contributed by atoms with Crippen LogP contribution in [-0.2, 0) is 4.74 Å². The summed E-state index contributed by atoms with van der Waals surface area (Å²) >= 11 is 0. The van der Waals surface area contributed by atoms with Gasteiger partial charge in [0.2, 0.25) is 0 Å². The molecule has 0 unspecified atom stereocenters. The Kier molecular flexibility index (Phi) is 3.44. The molecule has 0 spiro atoms. The molecule has 1 atom stereocenters. The molecule has 0 aromatic heterocycles. The quantitative estimate of drug-likeness (QED) is 0.775. The molecule has 2 rings (SSSR count). The molecule has 0 aliphatic carbocycles. The number of para-hydroxylation sites is 1. The Bertz CT molecular complexity index is 361. The monoisotopic (exact) mass is 218 g/mol. The lowest BCUT2D eigenvalue weighted by molar-refractivity contribution is 0.315. The Labute approximate surface area is 96.7 Å².